The Labute approximate surface area is 101 Å². The molecule has 0 bridgehead atoms. The summed E-state index contributed by atoms with van der Waals surface area (Å²) in [6.07, 6.45) is 8.91. The summed E-state index contributed by atoms with van der Waals surface area (Å²) in [5.41, 5.74) is 2.28. The molecule has 17 heavy (non-hydrogen) atoms. The number of likely N-dealkylation sites (tertiary alicyclic amines) is 1. The molecule has 0 aliphatic carbocycles. The molecule has 2 aromatic rings. The summed E-state index contributed by atoms with van der Waals surface area (Å²) in [5, 5.41) is 4.47. The highest BCUT2D eigenvalue weighted by atomic mass is 15.3. The highest BCUT2D eigenvalue weighted by Gasteiger charge is 2.21. The standard InChI is InChI=1S/C13H16N4/c1-16-6-4-13(10-16)17-9-12(8-15-17)11-3-2-5-14-7-11/h2-3,5,7-9,13H,4,6,10H2,1H3/t13-/m1/s1. The Balaban J connectivity index is 1.84. The van der Waals surface area contributed by atoms with Crippen LogP contribution in [0.15, 0.2) is 36.9 Å². The van der Waals surface area contributed by atoms with Gasteiger partial charge in [0.25, 0.3) is 0 Å². The Morgan fingerprint density at radius 1 is 1.29 bits per heavy atom. The van der Waals surface area contributed by atoms with Crippen LogP contribution in [0.4, 0.5) is 0 Å². The third-order valence-corrected chi connectivity index (χ3v) is 3.34. The van der Waals surface area contributed by atoms with Crippen molar-refractivity contribution < 1.29 is 0 Å². The first kappa shape index (κ1) is 10.5. The monoisotopic (exact) mass is 228 g/mol. The van der Waals surface area contributed by atoms with E-state index in [1.165, 1.54) is 6.42 Å². The second kappa shape index (κ2) is 4.30. The number of likely N-dealkylation sites (N-methyl/N-ethyl adjacent to an activating group) is 1. The van der Waals surface area contributed by atoms with Crippen molar-refractivity contribution >= 4 is 0 Å². The van der Waals surface area contributed by atoms with Gasteiger partial charge in [0.05, 0.1) is 12.2 Å². The first-order valence-electron chi connectivity index (χ1n) is 5.96. The first-order chi connectivity index (χ1) is 8.33. The van der Waals surface area contributed by atoms with Gasteiger partial charge in [-0.05, 0) is 26.1 Å². The Kier molecular flexibility index (Phi) is 2.65. The maximum Gasteiger partial charge on any atom is 0.0658 e. The number of aromatic nitrogens is 3. The SMILES string of the molecule is CN1CC[C@@H](n2cc(-c3cccnc3)cn2)C1. The molecular formula is C13H16N4. The van der Waals surface area contributed by atoms with Gasteiger partial charge in [-0.3, -0.25) is 9.67 Å². The van der Waals surface area contributed by atoms with Crippen LogP contribution in [0.3, 0.4) is 0 Å². The van der Waals surface area contributed by atoms with Crippen molar-refractivity contribution in [3.8, 4) is 11.1 Å². The normalized spacial score (nSPS) is 20.9. The van der Waals surface area contributed by atoms with Crippen molar-refractivity contribution in [2.75, 3.05) is 20.1 Å². The van der Waals surface area contributed by atoms with Gasteiger partial charge < -0.3 is 4.90 Å². The molecule has 1 fully saturated rings. The van der Waals surface area contributed by atoms with Gasteiger partial charge in [-0.1, -0.05) is 6.07 Å². The van der Waals surface area contributed by atoms with Crippen molar-refractivity contribution in [1.29, 1.82) is 0 Å². The fourth-order valence-corrected chi connectivity index (χ4v) is 2.35. The summed E-state index contributed by atoms with van der Waals surface area (Å²) < 4.78 is 2.09. The Hall–Kier alpha value is -1.68. The lowest BCUT2D eigenvalue weighted by Gasteiger charge is -2.10. The fourth-order valence-electron chi connectivity index (χ4n) is 2.35. The van der Waals surface area contributed by atoms with Crippen molar-refractivity contribution in [3.05, 3.63) is 36.9 Å². The van der Waals surface area contributed by atoms with Crippen LogP contribution in [0.5, 0.6) is 0 Å². The summed E-state index contributed by atoms with van der Waals surface area (Å²) in [5.74, 6) is 0. The van der Waals surface area contributed by atoms with E-state index in [1.807, 2.05) is 18.5 Å². The Bertz CT molecular complexity index is 491. The van der Waals surface area contributed by atoms with Crippen LogP contribution in [-0.4, -0.2) is 39.8 Å². The number of nitrogens with zero attached hydrogens (tertiary/aromatic N) is 4. The fraction of sp³-hybridized carbons (Fsp3) is 0.385. The lowest BCUT2D eigenvalue weighted by molar-refractivity contribution is 0.382. The highest BCUT2D eigenvalue weighted by Crippen LogP contribution is 2.23. The molecule has 3 heterocycles. The zero-order chi connectivity index (χ0) is 11.7. The average Bonchev–Trinajstić information content (AvgIpc) is 2.98. The van der Waals surface area contributed by atoms with Crippen LogP contribution < -0.4 is 0 Å². The lowest BCUT2D eigenvalue weighted by atomic mass is 10.2. The molecule has 1 atom stereocenters. The van der Waals surface area contributed by atoms with E-state index < -0.39 is 0 Å². The summed E-state index contributed by atoms with van der Waals surface area (Å²) in [4.78, 5) is 6.48. The minimum atomic E-state index is 0.519. The topological polar surface area (TPSA) is 34.0 Å². The predicted molar refractivity (Wildman–Crippen MR) is 66.6 cm³/mol. The number of rotatable bonds is 2. The molecule has 2 aromatic heterocycles. The van der Waals surface area contributed by atoms with Gasteiger partial charge in [0.1, 0.15) is 0 Å². The molecule has 3 rings (SSSR count). The maximum absolute atomic E-state index is 4.47. The minimum absolute atomic E-state index is 0.519. The Morgan fingerprint density at radius 2 is 2.24 bits per heavy atom. The number of hydrogen-bond acceptors (Lipinski definition) is 3. The van der Waals surface area contributed by atoms with E-state index in [0.29, 0.717) is 6.04 Å². The largest absolute Gasteiger partial charge is 0.304 e. The molecule has 0 aromatic carbocycles. The summed E-state index contributed by atoms with van der Waals surface area (Å²) in [7, 11) is 2.16. The number of hydrogen-bond donors (Lipinski definition) is 0. The zero-order valence-electron chi connectivity index (χ0n) is 9.95. The molecule has 4 nitrogen and oxygen atoms in total. The van der Waals surface area contributed by atoms with Gasteiger partial charge in [0.2, 0.25) is 0 Å². The second-order valence-corrected chi connectivity index (χ2v) is 4.66. The number of pyridine rings is 1. The molecule has 1 aliphatic heterocycles. The molecule has 0 N–H and O–H groups in total. The molecule has 0 radical (unpaired) electrons. The molecule has 88 valence electrons. The molecule has 1 aliphatic rings. The van der Waals surface area contributed by atoms with Crippen molar-refractivity contribution in [2.45, 2.75) is 12.5 Å². The zero-order valence-corrected chi connectivity index (χ0v) is 9.95. The highest BCUT2D eigenvalue weighted by molar-refractivity contribution is 5.60. The Morgan fingerprint density at radius 3 is 2.94 bits per heavy atom. The van der Waals surface area contributed by atoms with Crippen molar-refractivity contribution in [1.82, 2.24) is 19.7 Å². The third kappa shape index (κ3) is 2.08. The smallest absolute Gasteiger partial charge is 0.0658 e. The van der Waals surface area contributed by atoms with Gasteiger partial charge in [0, 0.05) is 36.3 Å². The maximum atomic E-state index is 4.47. The molecule has 1 saturated heterocycles. The van der Waals surface area contributed by atoms with Crippen LogP contribution in [-0.2, 0) is 0 Å². The van der Waals surface area contributed by atoms with Crippen LogP contribution in [0.2, 0.25) is 0 Å². The minimum Gasteiger partial charge on any atom is -0.304 e. The van der Waals surface area contributed by atoms with Gasteiger partial charge >= 0.3 is 0 Å². The van der Waals surface area contributed by atoms with Crippen LogP contribution in [0.1, 0.15) is 12.5 Å². The molecular weight excluding hydrogens is 212 g/mol. The van der Waals surface area contributed by atoms with E-state index in [0.717, 1.165) is 24.2 Å². The van der Waals surface area contributed by atoms with Crippen LogP contribution in [0, 0.1) is 0 Å². The average molecular weight is 228 g/mol. The van der Waals surface area contributed by atoms with Gasteiger partial charge in [-0.15, -0.1) is 0 Å². The second-order valence-electron chi connectivity index (χ2n) is 4.66. The van der Waals surface area contributed by atoms with E-state index in [4.69, 9.17) is 0 Å². The molecule has 0 saturated carbocycles. The first-order valence-corrected chi connectivity index (χ1v) is 5.96. The molecule has 0 unspecified atom stereocenters. The van der Waals surface area contributed by atoms with E-state index >= 15 is 0 Å². The molecule has 0 amide bonds. The summed E-state index contributed by atoms with van der Waals surface area (Å²) in [6.45, 7) is 2.25. The lowest BCUT2D eigenvalue weighted by Crippen LogP contribution is -2.16. The third-order valence-electron chi connectivity index (χ3n) is 3.34. The summed E-state index contributed by atoms with van der Waals surface area (Å²) >= 11 is 0. The van der Waals surface area contributed by atoms with Crippen LogP contribution in [0.25, 0.3) is 11.1 Å². The van der Waals surface area contributed by atoms with E-state index in [9.17, 15) is 0 Å². The van der Waals surface area contributed by atoms with Crippen molar-refractivity contribution in [3.63, 3.8) is 0 Å². The summed E-state index contributed by atoms with van der Waals surface area (Å²) in [6, 6.07) is 4.54. The van der Waals surface area contributed by atoms with Crippen molar-refractivity contribution in [2.24, 2.45) is 0 Å². The van der Waals surface area contributed by atoms with E-state index in [2.05, 4.69) is 39.0 Å². The van der Waals surface area contributed by atoms with E-state index in [-0.39, 0.29) is 0 Å². The van der Waals surface area contributed by atoms with Gasteiger partial charge in [-0.2, -0.15) is 5.10 Å². The van der Waals surface area contributed by atoms with Gasteiger partial charge in [-0.25, -0.2) is 0 Å². The molecule has 0 spiro atoms. The van der Waals surface area contributed by atoms with Gasteiger partial charge in [0.15, 0.2) is 0 Å². The van der Waals surface area contributed by atoms with Crippen LogP contribution >= 0.6 is 0 Å². The quantitative estimate of drug-likeness (QED) is 0.786. The molecule has 4 heteroatoms. The van der Waals surface area contributed by atoms with E-state index in [1.54, 1.807) is 6.20 Å². The predicted octanol–water partition coefficient (Wildman–Crippen LogP) is 1.82.